The van der Waals surface area contributed by atoms with Gasteiger partial charge in [-0.3, -0.25) is 9.69 Å². The average molecular weight is 237 g/mol. The molecule has 4 nitrogen and oxygen atoms in total. The van der Waals surface area contributed by atoms with Crippen molar-refractivity contribution >= 4 is 5.91 Å². The Labute approximate surface area is 104 Å². The highest BCUT2D eigenvalue weighted by Crippen LogP contribution is 2.20. The minimum atomic E-state index is 0.236. The van der Waals surface area contributed by atoms with Crippen LogP contribution in [0.3, 0.4) is 0 Å². The van der Waals surface area contributed by atoms with Crippen molar-refractivity contribution in [2.24, 2.45) is 0 Å². The minimum absolute atomic E-state index is 0.236. The topological polar surface area (TPSA) is 35.6 Å². The van der Waals surface area contributed by atoms with E-state index < -0.39 is 0 Å². The molecule has 2 aliphatic rings. The van der Waals surface area contributed by atoms with Gasteiger partial charge < -0.3 is 10.2 Å². The van der Waals surface area contributed by atoms with E-state index in [2.05, 4.69) is 16.3 Å². The van der Waals surface area contributed by atoms with Gasteiger partial charge in [0.1, 0.15) is 0 Å². The maximum absolute atomic E-state index is 12.1. The van der Waals surface area contributed by atoms with Crippen LogP contribution in [0.5, 0.6) is 0 Å². The summed E-state index contributed by atoms with van der Waals surface area (Å²) in [6, 6.07) is 0. The molecule has 0 saturated carbocycles. The van der Waals surface area contributed by atoms with E-state index in [-0.39, 0.29) is 5.91 Å². The number of allylic oxidation sites excluding steroid dienone is 2. The van der Waals surface area contributed by atoms with Gasteiger partial charge in [-0.1, -0.05) is 6.08 Å². The zero-order valence-corrected chi connectivity index (χ0v) is 10.7. The predicted octanol–water partition coefficient (Wildman–Crippen LogP) is 0.808. The number of rotatable bonds is 3. The van der Waals surface area contributed by atoms with E-state index >= 15 is 0 Å². The van der Waals surface area contributed by atoms with Gasteiger partial charge in [0, 0.05) is 25.8 Å². The van der Waals surface area contributed by atoms with Gasteiger partial charge in [0.25, 0.3) is 0 Å². The Hall–Kier alpha value is -0.870. The molecule has 96 valence electrons. The summed E-state index contributed by atoms with van der Waals surface area (Å²) < 4.78 is 0. The first kappa shape index (κ1) is 12.6. The second-order valence-corrected chi connectivity index (χ2v) is 4.92. The quantitative estimate of drug-likeness (QED) is 0.789. The number of likely N-dealkylation sites (N-methyl/N-ethyl adjacent to an activating group) is 1. The highest BCUT2D eigenvalue weighted by atomic mass is 16.2. The minimum Gasteiger partial charge on any atom is -0.318 e. The van der Waals surface area contributed by atoms with Crippen molar-refractivity contribution in [1.82, 2.24) is 15.1 Å². The number of amides is 1. The molecule has 0 atom stereocenters. The monoisotopic (exact) mass is 237 g/mol. The number of carbonyl (C=O) groups is 1. The van der Waals surface area contributed by atoms with Crippen LogP contribution < -0.4 is 5.32 Å². The van der Waals surface area contributed by atoms with Crippen molar-refractivity contribution in [3.05, 3.63) is 11.8 Å². The Morgan fingerprint density at radius 3 is 3.06 bits per heavy atom. The number of nitrogens with one attached hydrogen (secondary N) is 1. The summed E-state index contributed by atoms with van der Waals surface area (Å²) in [5.74, 6) is 0.236. The van der Waals surface area contributed by atoms with Crippen molar-refractivity contribution in [2.45, 2.75) is 25.7 Å². The SMILES string of the molecule is CN(C(=O)CN1CCCNCC1)C1=CCCC1. The lowest BCUT2D eigenvalue weighted by Crippen LogP contribution is -2.39. The Balaban J connectivity index is 1.82. The van der Waals surface area contributed by atoms with Gasteiger partial charge in [0.05, 0.1) is 6.54 Å². The maximum Gasteiger partial charge on any atom is 0.240 e. The molecule has 0 aromatic heterocycles. The van der Waals surface area contributed by atoms with Gasteiger partial charge >= 0.3 is 0 Å². The molecule has 2 rings (SSSR count). The second kappa shape index (κ2) is 6.17. The zero-order chi connectivity index (χ0) is 12.1. The molecular formula is C13H23N3O. The molecule has 1 aliphatic heterocycles. The fraction of sp³-hybridized carbons (Fsp3) is 0.769. The van der Waals surface area contributed by atoms with Crippen LogP contribution in [-0.2, 0) is 4.79 Å². The summed E-state index contributed by atoms with van der Waals surface area (Å²) in [4.78, 5) is 16.2. The molecule has 4 heteroatoms. The van der Waals surface area contributed by atoms with Gasteiger partial charge in [-0.2, -0.15) is 0 Å². The molecule has 1 N–H and O–H groups in total. The van der Waals surface area contributed by atoms with Crippen molar-refractivity contribution in [3.63, 3.8) is 0 Å². The van der Waals surface area contributed by atoms with Crippen LogP contribution >= 0.6 is 0 Å². The van der Waals surface area contributed by atoms with E-state index in [9.17, 15) is 4.79 Å². The summed E-state index contributed by atoms with van der Waals surface area (Å²) in [7, 11) is 1.91. The number of carbonyl (C=O) groups excluding carboxylic acids is 1. The molecule has 0 aromatic carbocycles. The van der Waals surface area contributed by atoms with Crippen LogP contribution in [0.4, 0.5) is 0 Å². The lowest BCUT2D eigenvalue weighted by atomic mass is 10.3. The van der Waals surface area contributed by atoms with E-state index in [1.165, 1.54) is 12.1 Å². The summed E-state index contributed by atoms with van der Waals surface area (Å²) in [5.41, 5.74) is 1.21. The average Bonchev–Trinajstić information content (AvgIpc) is 2.74. The van der Waals surface area contributed by atoms with E-state index in [0.29, 0.717) is 6.54 Å². The first-order chi connectivity index (χ1) is 8.27. The first-order valence-corrected chi connectivity index (χ1v) is 6.66. The third-order valence-electron chi connectivity index (χ3n) is 3.61. The third kappa shape index (κ3) is 3.54. The normalized spacial score (nSPS) is 22.1. The lowest BCUT2D eigenvalue weighted by Gasteiger charge is -2.24. The van der Waals surface area contributed by atoms with Crippen molar-refractivity contribution in [2.75, 3.05) is 39.8 Å². The van der Waals surface area contributed by atoms with Crippen LogP contribution in [0.2, 0.25) is 0 Å². The van der Waals surface area contributed by atoms with Crippen LogP contribution in [0, 0.1) is 0 Å². The molecule has 0 spiro atoms. The van der Waals surface area contributed by atoms with Crippen molar-refractivity contribution in [3.8, 4) is 0 Å². The fourth-order valence-electron chi connectivity index (χ4n) is 2.48. The Kier molecular flexibility index (Phi) is 4.57. The van der Waals surface area contributed by atoms with Gasteiger partial charge in [0.15, 0.2) is 0 Å². The van der Waals surface area contributed by atoms with Crippen molar-refractivity contribution in [1.29, 1.82) is 0 Å². The van der Waals surface area contributed by atoms with Gasteiger partial charge in [-0.15, -0.1) is 0 Å². The third-order valence-corrected chi connectivity index (χ3v) is 3.61. The predicted molar refractivity (Wildman–Crippen MR) is 68.6 cm³/mol. The van der Waals surface area contributed by atoms with Gasteiger partial charge in [-0.25, -0.2) is 0 Å². The molecule has 0 aromatic rings. The summed E-state index contributed by atoms with van der Waals surface area (Å²) in [5, 5.41) is 3.36. The molecule has 1 saturated heterocycles. The highest BCUT2D eigenvalue weighted by Gasteiger charge is 2.19. The van der Waals surface area contributed by atoms with E-state index in [1.807, 2.05) is 11.9 Å². The second-order valence-electron chi connectivity index (χ2n) is 4.92. The molecule has 0 radical (unpaired) electrons. The highest BCUT2D eigenvalue weighted by molar-refractivity contribution is 5.79. The van der Waals surface area contributed by atoms with Crippen LogP contribution in [0.25, 0.3) is 0 Å². The molecule has 1 heterocycles. The van der Waals surface area contributed by atoms with Crippen LogP contribution in [0.1, 0.15) is 25.7 Å². The molecular weight excluding hydrogens is 214 g/mol. The van der Waals surface area contributed by atoms with Crippen molar-refractivity contribution < 1.29 is 4.79 Å². The van der Waals surface area contributed by atoms with Gasteiger partial charge in [-0.05, 0) is 38.8 Å². The Bertz CT molecular complexity index is 293. The number of hydrogen-bond acceptors (Lipinski definition) is 3. The Morgan fingerprint density at radius 1 is 1.41 bits per heavy atom. The molecule has 1 amide bonds. The molecule has 1 aliphatic carbocycles. The summed E-state index contributed by atoms with van der Waals surface area (Å²) in [6.45, 7) is 4.66. The first-order valence-electron chi connectivity index (χ1n) is 6.66. The summed E-state index contributed by atoms with van der Waals surface area (Å²) in [6.07, 6.45) is 6.71. The molecule has 17 heavy (non-hydrogen) atoms. The number of hydrogen-bond donors (Lipinski definition) is 1. The molecule has 0 bridgehead atoms. The Morgan fingerprint density at radius 2 is 2.29 bits per heavy atom. The van der Waals surface area contributed by atoms with Crippen LogP contribution in [0.15, 0.2) is 11.8 Å². The standard InChI is InChI=1S/C13H23N3O/c1-15(12-5-2-3-6-12)13(17)11-16-9-4-7-14-8-10-16/h5,14H,2-4,6-11H2,1H3. The zero-order valence-electron chi connectivity index (χ0n) is 10.7. The summed E-state index contributed by atoms with van der Waals surface area (Å²) >= 11 is 0. The fourth-order valence-corrected chi connectivity index (χ4v) is 2.48. The lowest BCUT2D eigenvalue weighted by molar-refractivity contribution is -0.129. The van der Waals surface area contributed by atoms with Crippen LogP contribution in [-0.4, -0.2) is 55.5 Å². The number of nitrogens with zero attached hydrogens (tertiary/aromatic N) is 2. The molecule has 0 unspecified atom stereocenters. The smallest absolute Gasteiger partial charge is 0.240 e. The largest absolute Gasteiger partial charge is 0.318 e. The van der Waals surface area contributed by atoms with Gasteiger partial charge in [0.2, 0.25) is 5.91 Å². The van der Waals surface area contributed by atoms with E-state index in [4.69, 9.17) is 0 Å². The molecule has 1 fully saturated rings. The van der Waals surface area contributed by atoms with E-state index in [0.717, 1.165) is 45.4 Å². The van der Waals surface area contributed by atoms with E-state index in [1.54, 1.807) is 0 Å². The maximum atomic E-state index is 12.1.